The van der Waals surface area contributed by atoms with Crippen molar-refractivity contribution in [3.8, 4) is 22.9 Å². The predicted molar refractivity (Wildman–Crippen MR) is 112 cm³/mol. The molecule has 0 saturated carbocycles. The number of nitrogens with zero attached hydrogens (tertiary/aromatic N) is 5. The first-order chi connectivity index (χ1) is 14.6. The second-order valence-electron chi connectivity index (χ2n) is 6.24. The molecule has 0 spiro atoms. The Labute approximate surface area is 178 Å². The number of carbonyl (C=O) groups is 1. The van der Waals surface area contributed by atoms with Crippen LogP contribution in [0.2, 0.25) is 0 Å². The van der Waals surface area contributed by atoms with Crippen LogP contribution in [0.3, 0.4) is 0 Å². The van der Waals surface area contributed by atoms with Crippen LogP contribution in [0.4, 0.5) is 0 Å². The first-order valence-corrected chi connectivity index (χ1v) is 10.1. The van der Waals surface area contributed by atoms with Crippen LogP contribution in [0, 0.1) is 0 Å². The molecule has 0 N–H and O–H groups in total. The second kappa shape index (κ2) is 9.97. The maximum atomic E-state index is 12.7. The van der Waals surface area contributed by atoms with Gasteiger partial charge in [0.2, 0.25) is 11.1 Å². The van der Waals surface area contributed by atoms with Gasteiger partial charge in [-0.15, -0.1) is 5.10 Å². The molecule has 3 rings (SSSR count). The zero-order valence-electron chi connectivity index (χ0n) is 17.2. The van der Waals surface area contributed by atoms with Crippen LogP contribution < -0.4 is 14.2 Å². The van der Waals surface area contributed by atoms with Crippen molar-refractivity contribution in [3.05, 3.63) is 48.0 Å². The average molecular weight is 430 g/mol. The van der Waals surface area contributed by atoms with Crippen molar-refractivity contribution < 1.29 is 19.0 Å². The highest BCUT2D eigenvalue weighted by atomic mass is 32.2. The van der Waals surface area contributed by atoms with Gasteiger partial charge in [0.25, 0.3) is 0 Å². The molecule has 0 aliphatic carbocycles. The van der Waals surface area contributed by atoms with Gasteiger partial charge in [0.05, 0.1) is 27.1 Å². The Balaban J connectivity index is 1.68. The van der Waals surface area contributed by atoms with Crippen LogP contribution >= 0.6 is 11.8 Å². The minimum absolute atomic E-state index is 0.0700. The summed E-state index contributed by atoms with van der Waals surface area (Å²) in [7, 11) is 6.49. The maximum Gasteiger partial charge on any atom is 0.233 e. The van der Waals surface area contributed by atoms with Crippen molar-refractivity contribution in [1.29, 1.82) is 0 Å². The number of rotatable bonds is 9. The third-order valence-corrected chi connectivity index (χ3v) is 5.30. The molecule has 158 valence electrons. The van der Waals surface area contributed by atoms with Crippen LogP contribution in [0.1, 0.15) is 5.56 Å². The quantitative estimate of drug-likeness (QED) is 0.479. The summed E-state index contributed by atoms with van der Waals surface area (Å²) < 4.78 is 17.7. The normalized spacial score (nSPS) is 10.5. The molecular weight excluding hydrogens is 406 g/mol. The molecule has 0 radical (unpaired) electrons. The molecule has 30 heavy (non-hydrogen) atoms. The lowest BCUT2D eigenvalue weighted by molar-refractivity contribution is -0.127. The number of methoxy groups -OCH3 is 3. The van der Waals surface area contributed by atoms with E-state index in [0.717, 1.165) is 5.56 Å². The van der Waals surface area contributed by atoms with Crippen molar-refractivity contribution >= 4 is 17.7 Å². The summed E-state index contributed by atoms with van der Waals surface area (Å²) in [5.41, 5.74) is 1.56. The maximum absolute atomic E-state index is 12.7. The lowest BCUT2D eigenvalue weighted by Crippen LogP contribution is -2.28. The van der Waals surface area contributed by atoms with Crippen LogP contribution in [0.5, 0.6) is 17.2 Å². The standard InChI is InChI=1S/C20H23N5O4S/c1-24(12-14-8-7-11-17(28-3)19(14)29-4)18(26)13-30-20-21-22-23-25(20)15-9-5-6-10-16(15)27-2/h5-11H,12-13H2,1-4H3. The molecule has 0 unspecified atom stereocenters. The minimum Gasteiger partial charge on any atom is -0.494 e. The van der Waals surface area contributed by atoms with Gasteiger partial charge in [0, 0.05) is 19.2 Å². The van der Waals surface area contributed by atoms with Gasteiger partial charge in [-0.25, -0.2) is 0 Å². The number of hydrogen-bond acceptors (Lipinski definition) is 8. The first kappa shape index (κ1) is 21.4. The van der Waals surface area contributed by atoms with Gasteiger partial charge in [0.15, 0.2) is 11.5 Å². The molecule has 1 aromatic heterocycles. The number of para-hydroxylation sites is 3. The van der Waals surface area contributed by atoms with Gasteiger partial charge in [-0.05, 0) is 28.6 Å². The highest BCUT2D eigenvalue weighted by Crippen LogP contribution is 2.31. The fourth-order valence-electron chi connectivity index (χ4n) is 2.88. The Kier molecular flexibility index (Phi) is 7.12. The Morgan fingerprint density at radius 3 is 2.50 bits per heavy atom. The topological polar surface area (TPSA) is 91.6 Å². The molecule has 0 bridgehead atoms. The number of ether oxygens (including phenoxy) is 3. The van der Waals surface area contributed by atoms with Gasteiger partial charge in [-0.2, -0.15) is 4.68 Å². The van der Waals surface area contributed by atoms with E-state index in [2.05, 4.69) is 15.5 Å². The molecule has 1 heterocycles. The highest BCUT2D eigenvalue weighted by molar-refractivity contribution is 7.99. The fraction of sp³-hybridized carbons (Fsp3) is 0.300. The minimum atomic E-state index is -0.0700. The molecule has 0 saturated heterocycles. The molecule has 9 nitrogen and oxygen atoms in total. The number of benzene rings is 2. The van der Waals surface area contributed by atoms with Crippen molar-refractivity contribution in [1.82, 2.24) is 25.1 Å². The second-order valence-corrected chi connectivity index (χ2v) is 7.18. The Hall–Kier alpha value is -3.27. The molecular formula is C20H23N5O4S. The van der Waals surface area contributed by atoms with Gasteiger partial charge in [-0.3, -0.25) is 4.79 Å². The monoisotopic (exact) mass is 429 g/mol. The molecule has 0 aliphatic heterocycles. The van der Waals surface area contributed by atoms with Crippen LogP contribution in [-0.2, 0) is 11.3 Å². The Bertz CT molecular complexity index is 1010. The molecule has 0 aliphatic rings. The number of thioether (sulfide) groups is 1. The fourth-order valence-corrected chi connectivity index (χ4v) is 3.71. The smallest absolute Gasteiger partial charge is 0.233 e. The van der Waals surface area contributed by atoms with Crippen molar-refractivity contribution in [3.63, 3.8) is 0 Å². The molecule has 2 aromatic carbocycles. The SMILES string of the molecule is COc1ccccc1-n1nnnc1SCC(=O)N(C)Cc1cccc(OC)c1OC. The molecule has 1 amide bonds. The van der Waals surface area contributed by atoms with Crippen molar-refractivity contribution in [2.24, 2.45) is 0 Å². The largest absolute Gasteiger partial charge is 0.494 e. The third kappa shape index (κ3) is 4.65. The lowest BCUT2D eigenvalue weighted by atomic mass is 10.1. The van der Waals surface area contributed by atoms with E-state index in [9.17, 15) is 4.79 Å². The summed E-state index contributed by atoms with van der Waals surface area (Å²) in [6, 6.07) is 13.0. The number of tetrazole rings is 1. The van der Waals surface area contributed by atoms with E-state index in [1.165, 1.54) is 11.8 Å². The van der Waals surface area contributed by atoms with Gasteiger partial charge >= 0.3 is 0 Å². The number of amides is 1. The van der Waals surface area contributed by atoms with Gasteiger partial charge in [0.1, 0.15) is 11.4 Å². The first-order valence-electron chi connectivity index (χ1n) is 9.07. The van der Waals surface area contributed by atoms with E-state index in [0.29, 0.717) is 34.6 Å². The summed E-state index contributed by atoms with van der Waals surface area (Å²) in [5.74, 6) is 1.99. The third-order valence-electron chi connectivity index (χ3n) is 4.40. The van der Waals surface area contributed by atoms with E-state index < -0.39 is 0 Å². The van der Waals surface area contributed by atoms with Crippen molar-refractivity contribution in [2.75, 3.05) is 34.1 Å². The Morgan fingerprint density at radius 1 is 1.03 bits per heavy atom. The highest BCUT2D eigenvalue weighted by Gasteiger charge is 2.18. The van der Waals surface area contributed by atoms with E-state index >= 15 is 0 Å². The Morgan fingerprint density at radius 2 is 1.77 bits per heavy atom. The average Bonchev–Trinajstić information content (AvgIpc) is 3.25. The zero-order valence-corrected chi connectivity index (χ0v) is 18.0. The van der Waals surface area contributed by atoms with Gasteiger partial charge < -0.3 is 19.1 Å². The summed E-state index contributed by atoms with van der Waals surface area (Å²) >= 11 is 1.26. The van der Waals surface area contributed by atoms with E-state index in [-0.39, 0.29) is 11.7 Å². The van der Waals surface area contributed by atoms with Crippen LogP contribution in [0.25, 0.3) is 5.69 Å². The van der Waals surface area contributed by atoms with E-state index in [1.807, 2.05) is 42.5 Å². The summed E-state index contributed by atoms with van der Waals surface area (Å²) in [6.07, 6.45) is 0. The summed E-state index contributed by atoms with van der Waals surface area (Å²) in [5, 5.41) is 12.3. The predicted octanol–water partition coefficient (Wildman–Crippen LogP) is 2.44. The zero-order chi connectivity index (χ0) is 21.5. The molecule has 10 heteroatoms. The van der Waals surface area contributed by atoms with Crippen molar-refractivity contribution in [2.45, 2.75) is 11.7 Å². The molecule has 0 fully saturated rings. The van der Waals surface area contributed by atoms with E-state index in [1.54, 1.807) is 38.0 Å². The van der Waals surface area contributed by atoms with Crippen LogP contribution in [0.15, 0.2) is 47.6 Å². The number of hydrogen-bond donors (Lipinski definition) is 0. The summed E-state index contributed by atoms with van der Waals surface area (Å²) in [6.45, 7) is 0.386. The number of aromatic nitrogens is 4. The molecule has 3 aromatic rings. The van der Waals surface area contributed by atoms with E-state index in [4.69, 9.17) is 14.2 Å². The summed E-state index contributed by atoms with van der Waals surface area (Å²) in [4.78, 5) is 14.3. The van der Waals surface area contributed by atoms with Gasteiger partial charge in [-0.1, -0.05) is 36.0 Å². The van der Waals surface area contributed by atoms with Crippen LogP contribution in [-0.4, -0.2) is 65.1 Å². The number of carbonyl (C=O) groups excluding carboxylic acids is 1. The molecule has 0 atom stereocenters. The lowest BCUT2D eigenvalue weighted by Gasteiger charge is -2.19.